The van der Waals surface area contributed by atoms with Gasteiger partial charge in [-0.15, -0.1) is 24.0 Å². The molecule has 0 radical (unpaired) electrons. The van der Waals surface area contributed by atoms with E-state index in [1.165, 1.54) is 11.1 Å². The maximum atomic E-state index is 12.6. The first-order valence-corrected chi connectivity index (χ1v) is 10.5. The average Bonchev–Trinajstić information content (AvgIpc) is 2.78. The van der Waals surface area contributed by atoms with Crippen molar-refractivity contribution >= 4 is 41.8 Å². The molecular weight excluding hydrogens is 505 g/mol. The van der Waals surface area contributed by atoms with Gasteiger partial charge in [-0.2, -0.15) is 0 Å². The van der Waals surface area contributed by atoms with Crippen molar-refractivity contribution in [2.45, 2.75) is 26.8 Å². The number of nitrogens with zero attached hydrogens (tertiary/aromatic N) is 5. The molecular formula is C22H32IN7O. The van der Waals surface area contributed by atoms with Crippen molar-refractivity contribution in [2.24, 2.45) is 4.99 Å². The molecule has 1 aromatic heterocycles. The van der Waals surface area contributed by atoms with Gasteiger partial charge >= 0.3 is 0 Å². The predicted molar refractivity (Wildman–Crippen MR) is 135 cm³/mol. The van der Waals surface area contributed by atoms with Crippen molar-refractivity contribution < 1.29 is 4.79 Å². The third kappa shape index (κ3) is 7.97. The number of aromatic nitrogens is 2. The van der Waals surface area contributed by atoms with E-state index in [0.29, 0.717) is 32.6 Å². The fraction of sp³-hybridized carbons (Fsp3) is 0.455. The van der Waals surface area contributed by atoms with Crippen LogP contribution in [0.25, 0.3) is 0 Å². The van der Waals surface area contributed by atoms with Gasteiger partial charge in [0.25, 0.3) is 0 Å². The summed E-state index contributed by atoms with van der Waals surface area (Å²) in [5.74, 6) is 1.62. The minimum atomic E-state index is 0. The lowest BCUT2D eigenvalue weighted by atomic mass is 10.1. The van der Waals surface area contributed by atoms with E-state index >= 15 is 0 Å². The molecule has 2 N–H and O–H groups in total. The van der Waals surface area contributed by atoms with Crippen LogP contribution in [-0.4, -0.2) is 66.0 Å². The normalized spacial score (nSPS) is 14.1. The standard InChI is InChI=1S/C22H31N7O.HI/c1-3-23-21(27-17-19-7-4-6-18(2)16-19)24-11-8-20(30)28-12-14-29(15-13-28)22-25-9-5-10-26-22;/h4-7,9-10,16H,3,8,11-15,17H2,1-2H3,(H2,23,24,27);1H. The number of amides is 1. The molecule has 0 spiro atoms. The highest BCUT2D eigenvalue weighted by Gasteiger charge is 2.22. The number of aryl methyl sites for hydroxylation is 1. The van der Waals surface area contributed by atoms with E-state index in [1.54, 1.807) is 12.4 Å². The Morgan fingerprint density at radius 2 is 1.84 bits per heavy atom. The van der Waals surface area contributed by atoms with E-state index in [2.05, 4.69) is 55.6 Å². The molecule has 0 saturated carbocycles. The van der Waals surface area contributed by atoms with Gasteiger partial charge in [0.2, 0.25) is 11.9 Å². The summed E-state index contributed by atoms with van der Waals surface area (Å²) in [4.78, 5) is 29.8. The molecule has 1 aromatic carbocycles. The Labute approximate surface area is 201 Å². The van der Waals surface area contributed by atoms with E-state index in [1.807, 2.05) is 24.0 Å². The van der Waals surface area contributed by atoms with Crippen LogP contribution in [0.1, 0.15) is 24.5 Å². The third-order valence-corrected chi connectivity index (χ3v) is 4.95. The lowest BCUT2D eigenvalue weighted by molar-refractivity contribution is -0.131. The molecule has 1 saturated heterocycles. The van der Waals surface area contributed by atoms with Gasteiger partial charge in [-0.3, -0.25) is 4.79 Å². The zero-order valence-corrected chi connectivity index (χ0v) is 20.6. The van der Waals surface area contributed by atoms with Crippen molar-refractivity contribution in [1.29, 1.82) is 0 Å². The van der Waals surface area contributed by atoms with Gasteiger partial charge in [0, 0.05) is 58.1 Å². The van der Waals surface area contributed by atoms with Crippen LogP contribution in [0.2, 0.25) is 0 Å². The lowest BCUT2D eigenvalue weighted by Crippen LogP contribution is -2.50. The quantitative estimate of drug-likeness (QED) is 0.320. The number of guanidine groups is 1. The summed E-state index contributed by atoms with van der Waals surface area (Å²) in [6.45, 7) is 8.94. The molecule has 2 heterocycles. The SMILES string of the molecule is CCNC(=NCc1cccc(C)c1)NCCC(=O)N1CCN(c2ncccn2)CC1.I. The lowest BCUT2D eigenvalue weighted by Gasteiger charge is -2.34. The fourth-order valence-corrected chi connectivity index (χ4v) is 3.38. The van der Waals surface area contributed by atoms with E-state index in [-0.39, 0.29) is 29.9 Å². The van der Waals surface area contributed by atoms with Gasteiger partial charge in [-0.25, -0.2) is 15.0 Å². The molecule has 0 aliphatic carbocycles. The van der Waals surface area contributed by atoms with Crippen LogP contribution in [0, 0.1) is 6.92 Å². The number of nitrogens with one attached hydrogen (secondary N) is 2. The first kappa shape index (κ1) is 24.8. The summed E-state index contributed by atoms with van der Waals surface area (Å²) in [5.41, 5.74) is 2.40. The van der Waals surface area contributed by atoms with E-state index in [0.717, 1.165) is 31.5 Å². The van der Waals surface area contributed by atoms with Crippen LogP contribution >= 0.6 is 24.0 Å². The second-order valence-electron chi connectivity index (χ2n) is 7.28. The van der Waals surface area contributed by atoms with E-state index in [4.69, 9.17) is 0 Å². The van der Waals surface area contributed by atoms with E-state index < -0.39 is 0 Å². The zero-order chi connectivity index (χ0) is 21.2. The molecule has 31 heavy (non-hydrogen) atoms. The summed E-state index contributed by atoms with van der Waals surface area (Å²) in [5, 5.41) is 6.51. The molecule has 9 heteroatoms. The van der Waals surface area contributed by atoms with Crippen LogP contribution in [0.5, 0.6) is 0 Å². The van der Waals surface area contributed by atoms with Crippen LogP contribution < -0.4 is 15.5 Å². The number of halogens is 1. The first-order chi connectivity index (χ1) is 14.7. The first-order valence-electron chi connectivity index (χ1n) is 10.5. The molecule has 0 unspecified atom stereocenters. The summed E-state index contributed by atoms with van der Waals surface area (Å²) in [7, 11) is 0. The molecule has 0 atom stereocenters. The fourth-order valence-electron chi connectivity index (χ4n) is 3.38. The van der Waals surface area contributed by atoms with Crippen LogP contribution in [0.4, 0.5) is 5.95 Å². The largest absolute Gasteiger partial charge is 0.357 e. The van der Waals surface area contributed by atoms with Crippen LogP contribution in [0.15, 0.2) is 47.7 Å². The maximum Gasteiger partial charge on any atom is 0.225 e. The van der Waals surface area contributed by atoms with Crippen LogP contribution in [-0.2, 0) is 11.3 Å². The zero-order valence-electron chi connectivity index (χ0n) is 18.3. The Kier molecular flexibility index (Phi) is 10.5. The maximum absolute atomic E-state index is 12.6. The topological polar surface area (TPSA) is 85.8 Å². The molecule has 1 amide bonds. The van der Waals surface area contributed by atoms with Gasteiger partial charge < -0.3 is 20.4 Å². The number of carbonyl (C=O) groups is 1. The Bertz CT molecular complexity index is 839. The average molecular weight is 537 g/mol. The Balaban J connectivity index is 0.00000341. The Morgan fingerprint density at radius 1 is 1.10 bits per heavy atom. The number of anilines is 1. The van der Waals surface area contributed by atoms with Crippen molar-refractivity contribution in [3.8, 4) is 0 Å². The van der Waals surface area contributed by atoms with Gasteiger partial charge in [-0.05, 0) is 25.5 Å². The summed E-state index contributed by atoms with van der Waals surface area (Å²) >= 11 is 0. The Hall–Kier alpha value is -2.43. The van der Waals surface area contributed by atoms with Crippen molar-refractivity contribution in [3.63, 3.8) is 0 Å². The number of carbonyl (C=O) groups excluding carboxylic acids is 1. The van der Waals surface area contributed by atoms with Gasteiger partial charge in [0.15, 0.2) is 5.96 Å². The second-order valence-corrected chi connectivity index (χ2v) is 7.28. The number of hydrogen-bond acceptors (Lipinski definition) is 5. The van der Waals surface area contributed by atoms with Crippen molar-refractivity contribution in [3.05, 3.63) is 53.9 Å². The highest BCUT2D eigenvalue weighted by molar-refractivity contribution is 14.0. The van der Waals surface area contributed by atoms with Gasteiger partial charge in [0.1, 0.15) is 0 Å². The predicted octanol–water partition coefficient (Wildman–Crippen LogP) is 2.20. The van der Waals surface area contributed by atoms with Gasteiger partial charge in [0.05, 0.1) is 6.54 Å². The van der Waals surface area contributed by atoms with E-state index in [9.17, 15) is 4.79 Å². The molecule has 3 rings (SSSR count). The number of rotatable bonds is 7. The molecule has 8 nitrogen and oxygen atoms in total. The molecule has 2 aromatic rings. The molecule has 168 valence electrons. The molecule has 1 aliphatic heterocycles. The van der Waals surface area contributed by atoms with Crippen molar-refractivity contribution in [2.75, 3.05) is 44.2 Å². The third-order valence-electron chi connectivity index (χ3n) is 4.95. The van der Waals surface area contributed by atoms with Crippen LogP contribution in [0.3, 0.4) is 0 Å². The number of aliphatic imine (C=N–C) groups is 1. The monoisotopic (exact) mass is 537 g/mol. The molecule has 0 bridgehead atoms. The summed E-state index contributed by atoms with van der Waals surface area (Å²) in [6.07, 6.45) is 3.93. The molecule has 1 fully saturated rings. The minimum absolute atomic E-state index is 0. The highest BCUT2D eigenvalue weighted by atomic mass is 127. The number of hydrogen-bond donors (Lipinski definition) is 2. The summed E-state index contributed by atoms with van der Waals surface area (Å²) < 4.78 is 0. The Morgan fingerprint density at radius 3 is 2.52 bits per heavy atom. The molecule has 1 aliphatic rings. The van der Waals surface area contributed by atoms with Gasteiger partial charge in [-0.1, -0.05) is 29.8 Å². The minimum Gasteiger partial charge on any atom is -0.357 e. The number of benzene rings is 1. The second kappa shape index (κ2) is 13.1. The van der Waals surface area contributed by atoms with Crippen molar-refractivity contribution in [1.82, 2.24) is 25.5 Å². The number of piperazine rings is 1. The highest BCUT2D eigenvalue weighted by Crippen LogP contribution is 2.10. The summed E-state index contributed by atoms with van der Waals surface area (Å²) in [6, 6.07) is 10.1. The smallest absolute Gasteiger partial charge is 0.225 e.